The number of aromatic carboxylic acids is 1. The largest absolute Gasteiger partial charge is 0.493 e. The summed E-state index contributed by atoms with van der Waals surface area (Å²) < 4.78 is 19.3. The van der Waals surface area contributed by atoms with Gasteiger partial charge < -0.3 is 9.84 Å². The minimum Gasteiger partial charge on any atom is -0.493 e. The molecule has 0 unspecified atom stereocenters. The molecule has 0 amide bonds. The highest BCUT2D eigenvalue weighted by Gasteiger charge is 2.14. The maximum absolute atomic E-state index is 13.6. The van der Waals surface area contributed by atoms with E-state index < -0.39 is 11.8 Å². The van der Waals surface area contributed by atoms with Gasteiger partial charge in [-0.15, -0.1) is 0 Å². The van der Waals surface area contributed by atoms with Gasteiger partial charge in [-0.2, -0.15) is 0 Å². The number of hydrogen-bond acceptors (Lipinski definition) is 4. The summed E-state index contributed by atoms with van der Waals surface area (Å²) >= 11 is 0. The van der Waals surface area contributed by atoms with Crippen LogP contribution in [0.2, 0.25) is 0 Å². The highest BCUT2D eigenvalue weighted by Crippen LogP contribution is 2.27. The summed E-state index contributed by atoms with van der Waals surface area (Å²) in [7, 11) is 0. The zero-order valence-corrected chi connectivity index (χ0v) is 17.2. The molecule has 0 fully saturated rings. The third-order valence-electron chi connectivity index (χ3n) is 4.80. The van der Waals surface area contributed by atoms with E-state index in [4.69, 9.17) is 4.74 Å². The summed E-state index contributed by atoms with van der Waals surface area (Å²) in [5.74, 6) is -0.371. The highest BCUT2D eigenvalue weighted by atomic mass is 19.1. The van der Waals surface area contributed by atoms with Crippen LogP contribution in [0.5, 0.6) is 5.75 Å². The Bertz CT molecular complexity index is 1240. The molecule has 156 valence electrons. The van der Waals surface area contributed by atoms with Gasteiger partial charge in [0.05, 0.1) is 29.1 Å². The number of carbonyl (C=O) groups is 1. The molecule has 0 spiro atoms. The smallest absolute Gasteiger partial charge is 0.336 e. The Morgan fingerprint density at radius 3 is 2.39 bits per heavy atom. The number of nitrogens with zero attached hydrogens (tertiary/aromatic N) is 2. The number of benzene rings is 2. The maximum Gasteiger partial charge on any atom is 0.336 e. The predicted octanol–water partition coefficient (Wildman–Crippen LogP) is 5.84. The Balaban J connectivity index is 1.63. The Kier molecular flexibility index (Phi) is 5.62. The molecule has 0 atom stereocenters. The van der Waals surface area contributed by atoms with E-state index in [-0.39, 0.29) is 10.9 Å². The van der Waals surface area contributed by atoms with Gasteiger partial charge in [-0.3, -0.25) is 4.98 Å². The topological polar surface area (TPSA) is 72.3 Å². The van der Waals surface area contributed by atoms with Gasteiger partial charge in [0.2, 0.25) is 0 Å². The van der Waals surface area contributed by atoms with Gasteiger partial charge in [0.15, 0.2) is 0 Å². The average Bonchev–Trinajstić information content (AvgIpc) is 2.77. The van der Waals surface area contributed by atoms with Crippen molar-refractivity contribution in [3.05, 3.63) is 78.2 Å². The number of carboxylic acid groups (broad SMARTS) is 1. The molecule has 4 rings (SSSR count). The van der Waals surface area contributed by atoms with Crippen molar-refractivity contribution < 1.29 is 19.0 Å². The summed E-state index contributed by atoms with van der Waals surface area (Å²) in [6.07, 6.45) is 1.72. The van der Waals surface area contributed by atoms with Crippen molar-refractivity contribution in [1.82, 2.24) is 9.97 Å². The summed E-state index contributed by atoms with van der Waals surface area (Å²) in [6, 6.07) is 16.8. The fourth-order valence-corrected chi connectivity index (χ4v) is 3.23. The maximum atomic E-state index is 13.6. The van der Waals surface area contributed by atoms with E-state index in [1.807, 2.05) is 30.3 Å². The number of carboxylic acids is 1. The Hall–Kier alpha value is -3.80. The molecule has 2 aromatic heterocycles. The van der Waals surface area contributed by atoms with Crippen molar-refractivity contribution >= 4 is 16.9 Å². The molecule has 2 heterocycles. The van der Waals surface area contributed by atoms with E-state index in [1.165, 1.54) is 24.3 Å². The van der Waals surface area contributed by atoms with Gasteiger partial charge in [-0.25, -0.2) is 14.2 Å². The van der Waals surface area contributed by atoms with Crippen molar-refractivity contribution in [2.24, 2.45) is 5.92 Å². The summed E-state index contributed by atoms with van der Waals surface area (Å²) in [5.41, 5.74) is 3.25. The van der Waals surface area contributed by atoms with Gasteiger partial charge in [0.25, 0.3) is 0 Å². The lowest BCUT2D eigenvalue weighted by Crippen LogP contribution is -2.04. The molecule has 0 aliphatic heterocycles. The van der Waals surface area contributed by atoms with Crippen molar-refractivity contribution in [2.45, 2.75) is 13.8 Å². The zero-order chi connectivity index (χ0) is 22.0. The summed E-state index contributed by atoms with van der Waals surface area (Å²) in [4.78, 5) is 20.6. The second-order valence-electron chi connectivity index (χ2n) is 7.68. The van der Waals surface area contributed by atoms with Gasteiger partial charge in [0, 0.05) is 17.1 Å². The van der Waals surface area contributed by atoms with Gasteiger partial charge >= 0.3 is 5.97 Å². The number of hydrogen-bond donors (Lipinski definition) is 1. The minimum atomic E-state index is -1.14. The lowest BCUT2D eigenvalue weighted by atomic mass is 10.0. The monoisotopic (exact) mass is 416 g/mol. The molecule has 1 N–H and O–H groups in total. The van der Waals surface area contributed by atoms with Gasteiger partial charge in [-0.1, -0.05) is 32.0 Å². The molecular weight excluding hydrogens is 395 g/mol. The molecule has 6 heteroatoms. The highest BCUT2D eigenvalue weighted by molar-refractivity contribution is 6.03. The van der Waals surface area contributed by atoms with Crippen LogP contribution in [-0.2, 0) is 0 Å². The first-order valence-corrected chi connectivity index (χ1v) is 9.94. The summed E-state index contributed by atoms with van der Waals surface area (Å²) in [6.45, 7) is 4.87. The molecule has 4 aromatic rings. The van der Waals surface area contributed by atoms with E-state index in [9.17, 15) is 14.3 Å². The molecule has 0 aliphatic rings. The van der Waals surface area contributed by atoms with Crippen molar-refractivity contribution in [3.63, 3.8) is 0 Å². The van der Waals surface area contributed by atoms with E-state index in [2.05, 4.69) is 23.8 Å². The normalized spacial score (nSPS) is 11.1. The van der Waals surface area contributed by atoms with Crippen LogP contribution >= 0.6 is 0 Å². The minimum absolute atomic E-state index is 0.0117. The molecule has 2 aromatic carbocycles. The van der Waals surface area contributed by atoms with Crippen LogP contribution < -0.4 is 4.74 Å². The van der Waals surface area contributed by atoms with Crippen molar-refractivity contribution in [2.75, 3.05) is 6.61 Å². The van der Waals surface area contributed by atoms with Gasteiger partial charge in [-0.05, 0) is 53.9 Å². The van der Waals surface area contributed by atoms with Crippen molar-refractivity contribution in [3.8, 4) is 28.3 Å². The van der Waals surface area contributed by atoms with Crippen LogP contribution in [-0.4, -0.2) is 27.7 Å². The van der Waals surface area contributed by atoms with Crippen LogP contribution in [0, 0.1) is 11.7 Å². The second-order valence-corrected chi connectivity index (χ2v) is 7.68. The average molecular weight is 416 g/mol. The molecular formula is C25H21FN2O3. The number of fused-ring (bicyclic) bond motifs is 1. The third kappa shape index (κ3) is 4.53. The van der Waals surface area contributed by atoms with Crippen LogP contribution in [0.15, 0.2) is 66.9 Å². The van der Waals surface area contributed by atoms with E-state index in [0.717, 1.165) is 16.9 Å². The molecule has 5 nitrogen and oxygen atoms in total. The number of pyridine rings is 2. The SMILES string of the molecule is CC(C)COc1ccc(-c2ccc(-c3cc(C(=O)O)c4cc(F)ccc4n3)nc2)cc1. The predicted molar refractivity (Wildman–Crippen MR) is 118 cm³/mol. The number of halogens is 1. The molecule has 31 heavy (non-hydrogen) atoms. The zero-order valence-electron chi connectivity index (χ0n) is 17.2. The van der Waals surface area contributed by atoms with Crippen LogP contribution in [0.25, 0.3) is 33.4 Å². The molecule has 0 saturated carbocycles. The first-order chi connectivity index (χ1) is 14.9. The van der Waals surface area contributed by atoms with Crippen LogP contribution in [0.1, 0.15) is 24.2 Å². The number of rotatable bonds is 6. The second kappa shape index (κ2) is 8.52. The molecule has 0 radical (unpaired) electrons. The Morgan fingerprint density at radius 2 is 1.74 bits per heavy atom. The van der Waals surface area contributed by atoms with Crippen LogP contribution in [0.4, 0.5) is 4.39 Å². The molecule has 0 aliphatic carbocycles. The fourth-order valence-electron chi connectivity index (χ4n) is 3.23. The van der Waals surface area contributed by atoms with Crippen molar-refractivity contribution in [1.29, 1.82) is 0 Å². The van der Waals surface area contributed by atoms with E-state index >= 15 is 0 Å². The lowest BCUT2D eigenvalue weighted by Gasteiger charge is -2.10. The van der Waals surface area contributed by atoms with Crippen LogP contribution in [0.3, 0.4) is 0 Å². The number of aromatic nitrogens is 2. The Labute approximate surface area is 179 Å². The van der Waals surface area contributed by atoms with E-state index in [1.54, 1.807) is 12.3 Å². The molecule has 0 saturated heterocycles. The quantitative estimate of drug-likeness (QED) is 0.428. The standard InChI is InChI=1S/C25H21FN2O3/c1-15(2)14-31-19-7-3-16(4-8-19)17-5-9-23(27-13-17)24-12-21(25(29)30)20-11-18(26)6-10-22(20)28-24/h3-13,15H,14H2,1-2H3,(H,29,30). The number of ether oxygens (including phenoxy) is 1. The third-order valence-corrected chi connectivity index (χ3v) is 4.80. The van der Waals surface area contributed by atoms with E-state index in [0.29, 0.717) is 29.4 Å². The summed E-state index contributed by atoms with van der Waals surface area (Å²) in [5, 5.41) is 9.80. The lowest BCUT2D eigenvalue weighted by molar-refractivity contribution is 0.0699. The molecule has 0 bridgehead atoms. The van der Waals surface area contributed by atoms with Gasteiger partial charge in [0.1, 0.15) is 11.6 Å². The Morgan fingerprint density at radius 1 is 1.00 bits per heavy atom. The first kappa shape index (κ1) is 20.5. The first-order valence-electron chi connectivity index (χ1n) is 9.94. The fraction of sp³-hybridized carbons (Fsp3) is 0.160.